The molecule has 3 rings (SSSR count). The van der Waals surface area contributed by atoms with Crippen LogP contribution in [-0.4, -0.2) is 35.6 Å². The van der Waals surface area contributed by atoms with Gasteiger partial charge >= 0.3 is 0 Å². The van der Waals surface area contributed by atoms with Gasteiger partial charge in [-0.05, 0) is 36.1 Å². The Hall–Kier alpha value is -1.93. The van der Waals surface area contributed by atoms with E-state index in [1.54, 1.807) is 30.3 Å². The highest BCUT2D eigenvalue weighted by Crippen LogP contribution is 2.18. The van der Waals surface area contributed by atoms with Gasteiger partial charge in [-0.25, -0.2) is 0 Å². The molecular weight excluding hydrogens is 350 g/mol. The summed E-state index contributed by atoms with van der Waals surface area (Å²) in [6, 6.07) is 10.2. The van der Waals surface area contributed by atoms with Crippen molar-refractivity contribution in [1.82, 2.24) is 5.32 Å². The number of nitrogens with one attached hydrogen (secondary N) is 3. The summed E-state index contributed by atoms with van der Waals surface area (Å²) < 4.78 is 0. The molecule has 0 saturated carbocycles. The number of carbonyl (C=O) groups excluding carboxylic acids is 2. The van der Waals surface area contributed by atoms with Gasteiger partial charge in [0.2, 0.25) is 5.91 Å². The van der Waals surface area contributed by atoms with E-state index in [1.807, 2.05) is 11.4 Å². The molecule has 1 aromatic heterocycles. The number of anilines is 2. The third-order valence-electron chi connectivity index (χ3n) is 3.56. The second-order valence-corrected chi connectivity index (χ2v) is 6.30. The summed E-state index contributed by atoms with van der Waals surface area (Å²) in [6.07, 6.45) is -0.0807. The van der Waals surface area contributed by atoms with E-state index in [0.29, 0.717) is 29.2 Å². The average Bonchev–Trinajstić information content (AvgIpc) is 3.18. The number of benzene rings is 1. The Morgan fingerprint density at radius 3 is 2.54 bits per heavy atom. The van der Waals surface area contributed by atoms with Gasteiger partial charge in [0, 0.05) is 17.9 Å². The van der Waals surface area contributed by atoms with E-state index in [2.05, 4.69) is 16.0 Å². The van der Waals surface area contributed by atoms with Crippen LogP contribution < -0.4 is 16.0 Å². The van der Waals surface area contributed by atoms with E-state index in [9.17, 15) is 14.7 Å². The topological polar surface area (TPSA) is 90.5 Å². The number of amides is 2. The van der Waals surface area contributed by atoms with Crippen LogP contribution in [-0.2, 0) is 4.79 Å². The number of aliphatic hydroxyl groups is 1. The normalized spacial score (nSPS) is 19.4. The average molecular weight is 368 g/mol. The van der Waals surface area contributed by atoms with Crippen molar-refractivity contribution in [2.45, 2.75) is 18.6 Å². The quantitative estimate of drug-likeness (QED) is 0.666. The summed E-state index contributed by atoms with van der Waals surface area (Å²) in [7, 11) is 0. The first kappa shape index (κ1) is 18.4. The minimum absolute atomic E-state index is 0. The predicted octanol–water partition coefficient (Wildman–Crippen LogP) is 2.08. The van der Waals surface area contributed by atoms with E-state index in [0.717, 1.165) is 0 Å². The van der Waals surface area contributed by atoms with Gasteiger partial charge in [-0.3, -0.25) is 9.59 Å². The molecule has 24 heavy (non-hydrogen) atoms. The number of carbonyl (C=O) groups is 2. The largest absolute Gasteiger partial charge is 0.392 e. The van der Waals surface area contributed by atoms with Gasteiger partial charge in [0.15, 0.2) is 0 Å². The first-order chi connectivity index (χ1) is 11.1. The van der Waals surface area contributed by atoms with E-state index in [4.69, 9.17) is 0 Å². The van der Waals surface area contributed by atoms with E-state index < -0.39 is 12.1 Å². The molecule has 6 nitrogen and oxygen atoms in total. The van der Waals surface area contributed by atoms with Crippen molar-refractivity contribution in [3.63, 3.8) is 0 Å². The monoisotopic (exact) mass is 367 g/mol. The van der Waals surface area contributed by atoms with Crippen molar-refractivity contribution in [2.75, 3.05) is 17.2 Å². The van der Waals surface area contributed by atoms with E-state index in [-0.39, 0.29) is 24.2 Å². The van der Waals surface area contributed by atoms with Crippen LogP contribution in [0, 0.1) is 0 Å². The summed E-state index contributed by atoms with van der Waals surface area (Å²) in [5.74, 6) is -0.368. The number of hydrogen-bond acceptors (Lipinski definition) is 5. The van der Waals surface area contributed by atoms with Crippen LogP contribution in [0.3, 0.4) is 0 Å². The number of thiophene rings is 1. The Labute approximate surface area is 149 Å². The van der Waals surface area contributed by atoms with Crippen molar-refractivity contribution in [3.8, 4) is 0 Å². The maximum atomic E-state index is 12.1. The summed E-state index contributed by atoms with van der Waals surface area (Å²) in [6.45, 7) is 0.426. The lowest BCUT2D eigenvalue weighted by Gasteiger charge is -2.12. The summed E-state index contributed by atoms with van der Waals surface area (Å²) in [5.41, 5.74) is 1.21. The van der Waals surface area contributed by atoms with Crippen molar-refractivity contribution in [3.05, 3.63) is 46.7 Å². The zero-order chi connectivity index (χ0) is 16.2. The standard InChI is InChI=1S/C16H17N3O3S.ClH/c20-12-8-13(17-9-12)15(21)18-10-3-1-4-11(7-10)19-16(22)14-5-2-6-23-14;/h1-7,12-13,17,20H,8-9H2,(H,18,21)(H,19,22);1H. The molecule has 4 N–H and O–H groups in total. The van der Waals surface area contributed by atoms with Crippen LogP contribution in [0.4, 0.5) is 11.4 Å². The van der Waals surface area contributed by atoms with Crippen LogP contribution in [0.25, 0.3) is 0 Å². The maximum Gasteiger partial charge on any atom is 0.265 e. The molecule has 1 aromatic carbocycles. The predicted molar refractivity (Wildman–Crippen MR) is 97.0 cm³/mol. The van der Waals surface area contributed by atoms with Gasteiger partial charge in [0.1, 0.15) is 0 Å². The molecule has 1 aliphatic heterocycles. The van der Waals surface area contributed by atoms with Crippen molar-refractivity contribution in [2.24, 2.45) is 0 Å². The lowest BCUT2D eigenvalue weighted by Crippen LogP contribution is -2.35. The Bertz CT molecular complexity index is 708. The maximum absolute atomic E-state index is 12.1. The summed E-state index contributed by atoms with van der Waals surface area (Å²) >= 11 is 1.37. The summed E-state index contributed by atoms with van der Waals surface area (Å²) in [5, 5.41) is 19.9. The fourth-order valence-electron chi connectivity index (χ4n) is 2.42. The molecule has 2 aromatic rings. The molecular formula is C16H18ClN3O3S. The highest BCUT2D eigenvalue weighted by atomic mass is 35.5. The first-order valence-corrected chi connectivity index (χ1v) is 8.17. The first-order valence-electron chi connectivity index (χ1n) is 7.29. The SMILES string of the molecule is Cl.O=C(Nc1cccc(NC(=O)C2CC(O)CN2)c1)c1cccs1. The number of halogens is 1. The van der Waals surface area contributed by atoms with Crippen molar-refractivity contribution in [1.29, 1.82) is 0 Å². The molecule has 8 heteroatoms. The molecule has 1 fully saturated rings. The molecule has 0 bridgehead atoms. The van der Waals surface area contributed by atoms with E-state index in [1.165, 1.54) is 11.3 Å². The Morgan fingerprint density at radius 2 is 1.92 bits per heavy atom. The number of aliphatic hydroxyl groups excluding tert-OH is 1. The third-order valence-corrected chi connectivity index (χ3v) is 4.43. The highest BCUT2D eigenvalue weighted by molar-refractivity contribution is 7.12. The molecule has 1 aliphatic rings. The van der Waals surface area contributed by atoms with E-state index >= 15 is 0 Å². The number of rotatable bonds is 4. The van der Waals surface area contributed by atoms with Gasteiger partial charge in [0.05, 0.1) is 17.0 Å². The van der Waals surface area contributed by atoms with Crippen LogP contribution in [0.5, 0.6) is 0 Å². The zero-order valence-electron chi connectivity index (χ0n) is 12.7. The van der Waals surface area contributed by atoms with Crippen LogP contribution >= 0.6 is 23.7 Å². The Balaban J connectivity index is 0.00000208. The van der Waals surface area contributed by atoms with Crippen molar-refractivity contribution < 1.29 is 14.7 Å². The molecule has 1 saturated heterocycles. The fraction of sp³-hybridized carbons (Fsp3) is 0.250. The lowest BCUT2D eigenvalue weighted by atomic mass is 10.2. The second kappa shape index (κ2) is 8.25. The fourth-order valence-corrected chi connectivity index (χ4v) is 3.04. The molecule has 2 unspecified atom stereocenters. The third kappa shape index (κ3) is 4.55. The zero-order valence-corrected chi connectivity index (χ0v) is 14.3. The minimum atomic E-state index is -0.484. The smallest absolute Gasteiger partial charge is 0.265 e. The van der Waals surface area contributed by atoms with Crippen LogP contribution in [0.15, 0.2) is 41.8 Å². The number of hydrogen-bond donors (Lipinski definition) is 4. The molecule has 2 atom stereocenters. The summed E-state index contributed by atoms with van der Waals surface area (Å²) in [4.78, 5) is 24.8. The van der Waals surface area contributed by atoms with Crippen LogP contribution in [0.1, 0.15) is 16.1 Å². The Morgan fingerprint density at radius 1 is 1.17 bits per heavy atom. The second-order valence-electron chi connectivity index (χ2n) is 5.35. The molecule has 0 aliphatic carbocycles. The number of β-amino-alcohol motifs (C(OH)–C–C–N with tert-alkyl or cyclic N) is 1. The molecule has 2 heterocycles. The van der Waals surface area contributed by atoms with Crippen molar-refractivity contribution >= 4 is 46.9 Å². The minimum Gasteiger partial charge on any atom is -0.392 e. The highest BCUT2D eigenvalue weighted by Gasteiger charge is 2.27. The van der Waals surface area contributed by atoms with Gasteiger partial charge < -0.3 is 21.1 Å². The van der Waals surface area contributed by atoms with Gasteiger partial charge in [0.25, 0.3) is 5.91 Å². The van der Waals surface area contributed by atoms with Gasteiger partial charge in [-0.2, -0.15) is 0 Å². The Kier molecular flexibility index (Phi) is 6.33. The van der Waals surface area contributed by atoms with Gasteiger partial charge in [-0.1, -0.05) is 12.1 Å². The lowest BCUT2D eigenvalue weighted by molar-refractivity contribution is -0.117. The molecule has 0 radical (unpaired) electrons. The molecule has 2 amide bonds. The molecule has 0 spiro atoms. The van der Waals surface area contributed by atoms with Crippen LogP contribution in [0.2, 0.25) is 0 Å². The molecule has 128 valence electrons. The van der Waals surface area contributed by atoms with Gasteiger partial charge in [-0.15, -0.1) is 23.7 Å².